The lowest BCUT2D eigenvalue weighted by Gasteiger charge is -2.45. The Hall–Kier alpha value is -4.73. The molecule has 1 aromatic heterocycles. The van der Waals surface area contributed by atoms with Gasteiger partial charge in [0.2, 0.25) is 11.8 Å². The van der Waals surface area contributed by atoms with Gasteiger partial charge in [0, 0.05) is 31.4 Å². The van der Waals surface area contributed by atoms with Crippen LogP contribution < -0.4 is 10.6 Å². The minimum Gasteiger partial charge on any atom is -0.444 e. The van der Waals surface area contributed by atoms with Crippen molar-refractivity contribution in [3.8, 4) is 0 Å². The number of nitrogens with one attached hydrogen (secondary N) is 2. The van der Waals surface area contributed by atoms with Gasteiger partial charge in [-0.1, -0.05) is 36.4 Å². The largest absolute Gasteiger partial charge is 0.444 e. The summed E-state index contributed by atoms with van der Waals surface area (Å²) in [5.74, 6) is -2.57. The Morgan fingerprint density at radius 1 is 0.980 bits per heavy atom. The number of amides is 6. The molecule has 0 bridgehead atoms. The molecule has 0 spiro atoms. The molecule has 2 aliphatic heterocycles. The van der Waals surface area contributed by atoms with Crippen molar-refractivity contribution in [2.24, 2.45) is 0 Å². The Kier molecular flexibility index (Phi) is 10.9. The highest BCUT2D eigenvalue weighted by Gasteiger charge is 2.61. The summed E-state index contributed by atoms with van der Waals surface area (Å²) in [5, 5.41) is 5.11. The number of ether oxygens (including phenoxy) is 2. The first-order valence-electron chi connectivity index (χ1n) is 15.6. The molecule has 2 aliphatic rings. The lowest BCUT2D eigenvalue weighted by Crippen LogP contribution is -2.67. The molecule has 2 atom stereocenters. The van der Waals surface area contributed by atoms with E-state index in [1.54, 1.807) is 63.2 Å². The molecular formula is C33H41F3N6O7. The molecule has 0 radical (unpaired) electrons. The van der Waals surface area contributed by atoms with E-state index in [2.05, 4.69) is 15.6 Å². The summed E-state index contributed by atoms with van der Waals surface area (Å²) in [6.45, 7) is 4.89. The van der Waals surface area contributed by atoms with E-state index in [0.29, 0.717) is 5.69 Å². The predicted molar refractivity (Wildman–Crippen MR) is 169 cm³/mol. The number of hydrogen-bond donors (Lipinski definition) is 2. The first-order valence-corrected chi connectivity index (χ1v) is 15.6. The maximum atomic E-state index is 14.2. The van der Waals surface area contributed by atoms with E-state index < -0.39 is 71.8 Å². The summed E-state index contributed by atoms with van der Waals surface area (Å²) in [7, 11) is 0. The number of imide groups is 1. The molecule has 1 aromatic carbocycles. The SMILES string of the molecule is CC(C)(C)OC(=O)NC(C)(C)C(=O)N[C@H](COCc1ccccc1)C(=O)N1CCN2C(=O)N(CC(F)(F)F)C(=O)[C@]2(Cc2ccccn2)C1. The highest BCUT2D eigenvalue weighted by atomic mass is 19.4. The van der Waals surface area contributed by atoms with Gasteiger partial charge in [0.15, 0.2) is 0 Å². The lowest BCUT2D eigenvalue weighted by molar-refractivity contribution is -0.157. The fraction of sp³-hybridized carbons (Fsp3) is 0.515. The van der Waals surface area contributed by atoms with Crippen LogP contribution in [0.4, 0.5) is 22.8 Å². The Labute approximate surface area is 282 Å². The summed E-state index contributed by atoms with van der Waals surface area (Å²) in [4.78, 5) is 73.9. The number of halogens is 3. The Balaban J connectivity index is 1.61. The molecule has 0 unspecified atom stereocenters. The Bertz CT molecular complexity index is 1530. The standard InChI is InChI=1S/C33H41F3N6O7/c1-30(2,3)49-28(46)39-31(4,5)26(44)38-24(19-48-18-22-11-7-6-8-12-22)25(43)40-15-16-42-29(47)41(21-33(34,35)36)27(45)32(42,20-40)17-23-13-9-10-14-37-23/h6-14,24H,15-21H2,1-5H3,(H,38,44)(H,39,46)/t24-,32+/m1/s1. The van der Waals surface area contributed by atoms with Crippen molar-refractivity contribution in [3.63, 3.8) is 0 Å². The second kappa shape index (κ2) is 14.4. The van der Waals surface area contributed by atoms with E-state index in [9.17, 15) is 37.1 Å². The molecule has 2 fully saturated rings. The van der Waals surface area contributed by atoms with Gasteiger partial charge < -0.3 is 29.9 Å². The van der Waals surface area contributed by atoms with Gasteiger partial charge in [0.1, 0.15) is 29.3 Å². The number of piperazine rings is 1. The first-order chi connectivity index (χ1) is 22.8. The van der Waals surface area contributed by atoms with Gasteiger partial charge in [0.25, 0.3) is 5.91 Å². The highest BCUT2D eigenvalue weighted by Crippen LogP contribution is 2.36. The van der Waals surface area contributed by atoms with E-state index >= 15 is 0 Å². The van der Waals surface area contributed by atoms with Gasteiger partial charge in [-0.15, -0.1) is 0 Å². The number of benzene rings is 1. The van der Waals surface area contributed by atoms with E-state index in [4.69, 9.17) is 9.47 Å². The van der Waals surface area contributed by atoms with Crippen LogP contribution in [0.1, 0.15) is 45.9 Å². The molecule has 0 aliphatic carbocycles. The monoisotopic (exact) mass is 690 g/mol. The van der Waals surface area contributed by atoms with Gasteiger partial charge in [0.05, 0.1) is 19.8 Å². The van der Waals surface area contributed by atoms with Crippen LogP contribution >= 0.6 is 0 Å². The number of carbonyl (C=O) groups excluding carboxylic acids is 5. The maximum absolute atomic E-state index is 14.2. The van der Waals surface area contributed by atoms with Gasteiger partial charge in [-0.2, -0.15) is 13.2 Å². The third-order valence-electron chi connectivity index (χ3n) is 7.90. The summed E-state index contributed by atoms with van der Waals surface area (Å²) in [6, 6.07) is 11.4. The number of carbonyl (C=O) groups is 5. The normalized spacial score (nSPS) is 19.0. The van der Waals surface area contributed by atoms with Crippen molar-refractivity contribution >= 4 is 29.8 Å². The van der Waals surface area contributed by atoms with Gasteiger partial charge in [-0.3, -0.25) is 24.3 Å². The van der Waals surface area contributed by atoms with Crippen LogP contribution in [-0.4, -0.2) is 111 Å². The number of aromatic nitrogens is 1. The molecule has 6 amide bonds. The third kappa shape index (κ3) is 9.25. The zero-order valence-electron chi connectivity index (χ0n) is 28.0. The number of hydrogen-bond acceptors (Lipinski definition) is 8. The van der Waals surface area contributed by atoms with Gasteiger partial charge >= 0.3 is 18.3 Å². The van der Waals surface area contributed by atoms with Gasteiger partial charge in [-0.05, 0) is 52.3 Å². The summed E-state index contributed by atoms with van der Waals surface area (Å²) in [6.07, 6.45) is -4.53. The third-order valence-corrected chi connectivity index (χ3v) is 7.90. The summed E-state index contributed by atoms with van der Waals surface area (Å²) in [5.41, 5.74) is -3.19. The van der Waals surface area contributed by atoms with Crippen LogP contribution in [0, 0.1) is 0 Å². The highest BCUT2D eigenvalue weighted by molar-refractivity contribution is 6.08. The molecule has 0 saturated carbocycles. The van der Waals surface area contributed by atoms with Crippen molar-refractivity contribution in [1.82, 2.24) is 30.3 Å². The number of fused-ring (bicyclic) bond motifs is 1. The number of alkyl halides is 3. The van der Waals surface area contributed by atoms with Crippen LogP contribution in [0.5, 0.6) is 0 Å². The van der Waals surface area contributed by atoms with Crippen LogP contribution in [-0.2, 0) is 36.9 Å². The average molecular weight is 691 g/mol. The summed E-state index contributed by atoms with van der Waals surface area (Å²) >= 11 is 0. The fourth-order valence-electron chi connectivity index (χ4n) is 5.61. The Morgan fingerprint density at radius 3 is 2.27 bits per heavy atom. The number of alkyl carbamates (subject to hydrolysis) is 1. The number of nitrogens with zero attached hydrogens (tertiary/aromatic N) is 4. The van der Waals surface area contributed by atoms with Crippen molar-refractivity contribution in [2.45, 2.75) is 76.5 Å². The minimum absolute atomic E-state index is 0.0802. The molecular weight excluding hydrogens is 649 g/mol. The minimum atomic E-state index is -4.85. The lowest BCUT2D eigenvalue weighted by atomic mass is 9.88. The van der Waals surface area contributed by atoms with Crippen LogP contribution in [0.2, 0.25) is 0 Å². The van der Waals surface area contributed by atoms with Crippen LogP contribution in [0.25, 0.3) is 0 Å². The van der Waals surface area contributed by atoms with Crippen molar-refractivity contribution < 1.29 is 46.6 Å². The molecule has 2 aromatic rings. The summed E-state index contributed by atoms with van der Waals surface area (Å²) < 4.78 is 51.5. The predicted octanol–water partition coefficient (Wildman–Crippen LogP) is 3.04. The van der Waals surface area contributed by atoms with Crippen molar-refractivity contribution in [2.75, 3.05) is 32.8 Å². The molecule has 2 N–H and O–H groups in total. The maximum Gasteiger partial charge on any atom is 0.408 e. The molecule has 16 heteroatoms. The van der Waals surface area contributed by atoms with Gasteiger partial charge in [-0.25, -0.2) is 9.59 Å². The molecule has 13 nitrogen and oxygen atoms in total. The van der Waals surface area contributed by atoms with Crippen LogP contribution in [0.3, 0.4) is 0 Å². The Morgan fingerprint density at radius 2 is 1.65 bits per heavy atom. The van der Waals surface area contributed by atoms with Crippen LogP contribution in [0.15, 0.2) is 54.7 Å². The van der Waals surface area contributed by atoms with Crippen molar-refractivity contribution in [3.05, 3.63) is 66.0 Å². The van der Waals surface area contributed by atoms with E-state index in [1.165, 1.54) is 24.9 Å². The fourth-order valence-corrected chi connectivity index (χ4v) is 5.61. The first kappa shape index (κ1) is 37.1. The quantitative estimate of drug-likeness (QED) is 0.342. The zero-order valence-corrected chi connectivity index (χ0v) is 28.0. The molecule has 266 valence electrons. The molecule has 3 heterocycles. The number of rotatable bonds is 11. The zero-order chi connectivity index (χ0) is 36.2. The second-order valence-electron chi connectivity index (χ2n) is 13.5. The van der Waals surface area contributed by atoms with E-state index in [0.717, 1.165) is 10.5 Å². The molecule has 49 heavy (non-hydrogen) atoms. The molecule has 4 rings (SSSR count). The van der Waals surface area contributed by atoms with Crippen molar-refractivity contribution in [1.29, 1.82) is 0 Å². The smallest absolute Gasteiger partial charge is 0.408 e. The number of pyridine rings is 1. The molecule has 2 saturated heterocycles. The van der Waals surface area contributed by atoms with E-state index in [1.807, 2.05) is 6.07 Å². The topological polar surface area (TPSA) is 150 Å². The average Bonchev–Trinajstić information content (AvgIpc) is 3.19. The van der Waals surface area contributed by atoms with E-state index in [-0.39, 0.29) is 37.6 Å². The number of urea groups is 1. The second-order valence-corrected chi connectivity index (χ2v) is 13.5.